The number of aliphatic hydroxyl groups is 1. The van der Waals surface area contributed by atoms with E-state index >= 15 is 0 Å². The first kappa shape index (κ1) is 19.8. The van der Waals surface area contributed by atoms with Crippen LogP contribution < -0.4 is 9.47 Å². The molecule has 3 aliphatic rings. The fourth-order valence-corrected chi connectivity index (χ4v) is 6.28. The largest absolute Gasteiger partial charge is 0.493 e. The molecule has 4 rings (SSSR count). The molecule has 1 aromatic carbocycles. The molecule has 4 nitrogen and oxygen atoms in total. The molecule has 0 saturated heterocycles. The monoisotopic (exact) mass is 386 g/mol. The summed E-state index contributed by atoms with van der Waals surface area (Å²) in [5, 5.41) is 10.6. The minimum Gasteiger partial charge on any atom is -0.493 e. The van der Waals surface area contributed by atoms with Crippen LogP contribution in [0.25, 0.3) is 0 Å². The Bertz CT molecular complexity index is 742. The lowest BCUT2D eigenvalue weighted by molar-refractivity contribution is -0.132. The third kappa shape index (κ3) is 3.34. The van der Waals surface area contributed by atoms with Crippen LogP contribution in [0, 0.1) is 17.3 Å². The molecular formula is C24H34O4. The normalized spacial score (nSPS) is 33.6. The Morgan fingerprint density at radius 1 is 1.25 bits per heavy atom. The number of carbonyl (C=O) groups excluding carboxylic acids is 1. The van der Waals surface area contributed by atoms with Crippen LogP contribution in [0.4, 0.5) is 0 Å². The van der Waals surface area contributed by atoms with E-state index in [2.05, 4.69) is 19.9 Å². The third-order valence-corrected chi connectivity index (χ3v) is 7.73. The van der Waals surface area contributed by atoms with Crippen LogP contribution in [0.1, 0.15) is 82.8 Å². The average Bonchev–Trinajstić information content (AvgIpc) is 2.96. The van der Waals surface area contributed by atoms with Gasteiger partial charge in [0.05, 0.1) is 12.7 Å². The molecule has 3 aliphatic carbocycles. The molecule has 1 aromatic rings. The van der Waals surface area contributed by atoms with E-state index in [1.807, 2.05) is 6.07 Å². The Balaban J connectivity index is 1.67. The molecule has 2 fully saturated rings. The van der Waals surface area contributed by atoms with Crippen molar-refractivity contribution in [2.24, 2.45) is 17.3 Å². The lowest BCUT2D eigenvalue weighted by atomic mass is 9.55. The van der Waals surface area contributed by atoms with Crippen molar-refractivity contribution in [1.82, 2.24) is 0 Å². The SMILES string of the molecule is CCCCOc1cc2c(c(OC(C)=O)c1)[C@H]1CC[C@]3(C)[C@@H](O)CC[C@H]3[C@@H]1CC2. The zero-order valence-corrected chi connectivity index (χ0v) is 17.5. The average molecular weight is 387 g/mol. The van der Waals surface area contributed by atoms with E-state index in [0.717, 1.165) is 57.1 Å². The highest BCUT2D eigenvalue weighted by Gasteiger charge is 2.54. The third-order valence-electron chi connectivity index (χ3n) is 7.73. The molecule has 0 amide bonds. The van der Waals surface area contributed by atoms with Crippen LogP contribution in [-0.4, -0.2) is 23.8 Å². The molecule has 0 aliphatic heterocycles. The Morgan fingerprint density at radius 3 is 2.82 bits per heavy atom. The van der Waals surface area contributed by atoms with Gasteiger partial charge in [-0.15, -0.1) is 0 Å². The summed E-state index contributed by atoms with van der Waals surface area (Å²) in [7, 11) is 0. The molecule has 28 heavy (non-hydrogen) atoms. The van der Waals surface area contributed by atoms with Crippen molar-refractivity contribution < 1.29 is 19.4 Å². The zero-order chi connectivity index (χ0) is 19.9. The first-order valence-electron chi connectivity index (χ1n) is 11.1. The Labute approximate surface area is 168 Å². The van der Waals surface area contributed by atoms with Crippen molar-refractivity contribution in [2.45, 2.75) is 84.2 Å². The number of hydrogen-bond acceptors (Lipinski definition) is 4. The van der Waals surface area contributed by atoms with E-state index in [9.17, 15) is 9.90 Å². The zero-order valence-electron chi connectivity index (χ0n) is 17.5. The van der Waals surface area contributed by atoms with Gasteiger partial charge in [0.1, 0.15) is 11.5 Å². The van der Waals surface area contributed by atoms with E-state index in [1.165, 1.54) is 18.1 Å². The quantitative estimate of drug-likeness (QED) is 0.439. The highest BCUT2D eigenvalue weighted by molar-refractivity contribution is 5.70. The molecular weight excluding hydrogens is 352 g/mol. The molecule has 0 spiro atoms. The molecule has 0 aromatic heterocycles. The number of esters is 1. The number of hydrogen-bond donors (Lipinski definition) is 1. The van der Waals surface area contributed by atoms with Crippen molar-refractivity contribution in [3.8, 4) is 11.5 Å². The fraction of sp³-hybridized carbons (Fsp3) is 0.708. The van der Waals surface area contributed by atoms with E-state index in [4.69, 9.17) is 9.47 Å². The molecule has 154 valence electrons. The number of carbonyl (C=O) groups is 1. The van der Waals surface area contributed by atoms with Gasteiger partial charge in [-0.1, -0.05) is 20.3 Å². The lowest BCUT2D eigenvalue weighted by Crippen LogP contribution is -2.44. The van der Waals surface area contributed by atoms with Crippen molar-refractivity contribution in [3.63, 3.8) is 0 Å². The minimum absolute atomic E-state index is 0.0590. The second-order valence-electron chi connectivity index (χ2n) is 9.34. The fourth-order valence-electron chi connectivity index (χ4n) is 6.28. The molecule has 2 saturated carbocycles. The van der Waals surface area contributed by atoms with Gasteiger partial charge in [-0.3, -0.25) is 4.79 Å². The van der Waals surface area contributed by atoms with Crippen LogP contribution >= 0.6 is 0 Å². The van der Waals surface area contributed by atoms with Gasteiger partial charge in [0.2, 0.25) is 0 Å². The molecule has 0 heterocycles. The molecule has 0 radical (unpaired) electrons. The number of aryl methyl sites for hydroxylation is 1. The number of rotatable bonds is 5. The Hall–Kier alpha value is -1.55. The first-order valence-corrected chi connectivity index (χ1v) is 11.1. The molecule has 1 N–H and O–H groups in total. The van der Waals surface area contributed by atoms with Crippen molar-refractivity contribution in [2.75, 3.05) is 6.61 Å². The summed E-state index contributed by atoms with van der Waals surface area (Å²) in [4.78, 5) is 11.8. The van der Waals surface area contributed by atoms with E-state index in [-0.39, 0.29) is 17.5 Å². The van der Waals surface area contributed by atoms with Gasteiger partial charge in [-0.05, 0) is 79.7 Å². The number of fused-ring (bicyclic) bond motifs is 5. The van der Waals surface area contributed by atoms with Gasteiger partial charge in [-0.25, -0.2) is 0 Å². The lowest BCUT2D eigenvalue weighted by Gasteiger charge is -2.50. The summed E-state index contributed by atoms with van der Waals surface area (Å²) >= 11 is 0. The van der Waals surface area contributed by atoms with Gasteiger partial charge in [0.25, 0.3) is 0 Å². The summed E-state index contributed by atoms with van der Waals surface area (Å²) in [6.07, 6.45) is 8.26. The summed E-state index contributed by atoms with van der Waals surface area (Å²) in [6, 6.07) is 4.10. The second kappa shape index (κ2) is 7.70. The number of ether oxygens (including phenoxy) is 2. The Kier molecular flexibility index (Phi) is 5.43. The van der Waals surface area contributed by atoms with Gasteiger partial charge in [0, 0.05) is 18.6 Å². The summed E-state index contributed by atoms with van der Waals surface area (Å²) in [6.45, 7) is 6.61. The molecule has 5 atom stereocenters. The topological polar surface area (TPSA) is 55.8 Å². The first-order chi connectivity index (χ1) is 13.4. The number of unbranched alkanes of at least 4 members (excludes halogenated alkanes) is 1. The van der Waals surface area contributed by atoms with E-state index < -0.39 is 0 Å². The maximum absolute atomic E-state index is 11.8. The Morgan fingerprint density at radius 2 is 2.07 bits per heavy atom. The van der Waals surface area contributed by atoms with E-state index in [1.54, 1.807) is 0 Å². The van der Waals surface area contributed by atoms with Gasteiger partial charge in [-0.2, -0.15) is 0 Å². The van der Waals surface area contributed by atoms with Gasteiger partial charge in [0.15, 0.2) is 0 Å². The van der Waals surface area contributed by atoms with Crippen LogP contribution in [0.5, 0.6) is 11.5 Å². The number of benzene rings is 1. The van der Waals surface area contributed by atoms with Crippen LogP contribution in [0.15, 0.2) is 12.1 Å². The summed E-state index contributed by atoms with van der Waals surface area (Å²) in [5.74, 6) is 2.81. The van der Waals surface area contributed by atoms with Gasteiger partial charge >= 0.3 is 5.97 Å². The van der Waals surface area contributed by atoms with Gasteiger partial charge < -0.3 is 14.6 Å². The number of aliphatic hydroxyl groups excluding tert-OH is 1. The predicted octanol–water partition coefficient (Wildman–Crippen LogP) is 5.01. The maximum Gasteiger partial charge on any atom is 0.308 e. The summed E-state index contributed by atoms with van der Waals surface area (Å²) < 4.78 is 11.6. The molecule has 0 unspecified atom stereocenters. The molecule has 0 bridgehead atoms. The highest BCUT2D eigenvalue weighted by Crippen LogP contribution is 2.62. The minimum atomic E-state index is -0.271. The van der Waals surface area contributed by atoms with Crippen LogP contribution in [0.2, 0.25) is 0 Å². The van der Waals surface area contributed by atoms with Crippen LogP contribution in [-0.2, 0) is 11.2 Å². The predicted molar refractivity (Wildman–Crippen MR) is 109 cm³/mol. The van der Waals surface area contributed by atoms with E-state index in [0.29, 0.717) is 30.1 Å². The second-order valence-corrected chi connectivity index (χ2v) is 9.34. The van der Waals surface area contributed by atoms with Crippen molar-refractivity contribution in [1.29, 1.82) is 0 Å². The van der Waals surface area contributed by atoms with Crippen molar-refractivity contribution >= 4 is 5.97 Å². The molecule has 4 heteroatoms. The smallest absolute Gasteiger partial charge is 0.308 e. The standard InChI is InChI=1S/C24H34O4/c1-4-5-12-27-17-13-16-6-7-18-19(23(16)21(14-17)28-15(2)25)10-11-24(3)20(18)8-9-22(24)26/h13-14,18-20,22,26H,4-12H2,1-3H3/t18-,19+,20+,22+,24+/m1/s1. The highest BCUT2D eigenvalue weighted by atomic mass is 16.5. The van der Waals surface area contributed by atoms with Crippen molar-refractivity contribution in [3.05, 3.63) is 23.3 Å². The summed E-state index contributed by atoms with van der Waals surface area (Å²) in [5.41, 5.74) is 2.58. The van der Waals surface area contributed by atoms with Crippen LogP contribution in [0.3, 0.4) is 0 Å². The maximum atomic E-state index is 11.8.